The Morgan fingerprint density at radius 3 is 2.35 bits per heavy atom. The van der Waals surface area contributed by atoms with Crippen molar-refractivity contribution in [3.63, 3.8) is 0 Å². The predicted octanol–water partition coefficient (Wildman–Crippen LogP) is 2.08. The van der Waals surface area contributed by atoms with E-state index in [9.17, 15) is 28.6 Å². The third-order valence-electron chi connectivity index (χ3n) is 3.15. The number of anilines is 1. The number of unbranched alkanes of at least 4 members (excludes halogenated alkanes) is 1. The highest BCUT2D eigenvalue weighted by molar-refractivity contribution is 7.85. The summed E-state index contributed by atoms with van der Waals surface area (Å²) in [7, 11) is -3.42. The highest BCUT2D eigenvalue weighted by Gasteiger charge is 2.18. The minimum atomic E-state index is -3.42. The average Bonchev–Trinajstić information content (AvgIpc) is 2.55. The standard InChI is InChI=1S/C14H21N3O8S/c1-26(22,23)25-10-4-9-24-8-3-2-7-15-13-6-5-12(16(18)19)11-14(13)17(20)21/h5-6,11,15H,2-4,7-10H2,1H3. The minimum absolute atomic E-state index is 0.0736. The predicted molar refractivity (Wildman–Crippen MR) is 93.7 cm³/mol. The molecule has 0 aliphatic heterocycles. The second kappa shape index (κ2) is 10.6. The molecule has 0 aliphatic carbocycles. The van der Waals surface area contributed by atoms with Gasteiger partial charge in [-0.15, -0.1) is 0 Å². The molecule has 0 bridgehead atoms. The summed E-state index contributed by atoms with van der Waals surface area (Å²) in [6.45, 7) is 1.35. The Labute approximate surface area is 150 Å². The van der Waals surface area contributed by atoms with Crippen LogP contribution in [0.15, 0.2) is 18.2 Å². The molecule has 0 heterocycles. The van der Waals surface area contributed by atoms with Gasteiger partial charge in [-0.2, -0.15) is 8.42 Å². The summed E-state index contributed by atoms with van der Waals surface area (Å²) in [5, 5.41) is 24.5. The Morgan fingerprint density at radius 2 is 1.73 bits per heavy atom. The second-order valence-corrected chi connectivity index (χ2v) is 6.99. The summed E-state index contributed by atoms with van der Waals surface area (Å²) in [5.41, 5.74) is -0.462. The van der Waals surface area contributed by atoms with E-state index in [-0.39, 0.29) is 23.7 Å². The van der Waals surface area contributed by atoms with E-state index >= 15 is 0 Å². The van der Waals surface area contributed by atoms with Crippen LogP contribution in [0.25, 0.3) is 0 Å². The highest BCUT2D eigenvalue weighted by atomic mass is 32.2. The zero-order valence-electron chi connectivity index (χ0n) is 14.3. The van der Waals surface area contributed by atoms with Crippen LogP contribution in [0.5, 0.6) is 0 Å². The smallest absolute Gasteiger partial charge is 0.299 e. The van der Waals surface area contributed by atoms with Crippen LogP contribution in [-0.2, 0) is 19.0 Å². The molecule has 1 aromatic rings. The van der Waals surface area contributed by atoms with Gasteiger partial charge in [-0.25, -0.2) is 0 Å². The first-order chi connectivity index (χ1) is 12.2. The van der Waals surface area contributed by atoms with Gasteiger partial charge in [0, 0.05) is 25.8 Å². The van der Waals surface area contributed by atoms with Crippen LogP contribution < -0.4 is 5.32 Å². The second-order valence-electron chi connectivity index (χ2n) is 5.34. The molecule has 11 nitrogen and oxygen atoms in total. The number of rotatable bonds is 13. The molecule has 0 spiro atoms. The molecule has 1 aromatic carbocycles. The topological polar surface area (TPSA) is 151 Å². The maximum atomic E-state index is 11.0. The van der Waals surface area contributed by atoms with Crippen molar-refractivity contribution in [2.24, 2.45) is 0 Å². The Kier molecular flexibility index (Phi) is 8.88. The van der Waals surface area contributed by atoms with E-state index in [1.54, 1.807) is 0 Å². The van der Waals surface area contributed by atoms with E-state index in [0.717, 1.165) is 12.3 Å². The highest BCUT2D eigenvalue weighted by Crippen LogP contribution is 2.28. The number of ether oxygens (including phenoxy) is 1. The zero-order valence-corrected chi connectivity index (χ0v) is 15.1. The number of nitro benzene ring substituents is 2. The fraction of sp³-hybridized carbons (Fsp3) is 0.571. The quantitative estimate of drug-likeness (QED) is 0.230. The maximum Gasteiger partial charge on any atom is 0.299 e. The van der Waals surface area contributed by atoms with Crippen molar-refractivity contribution in [2.45, 2.75) is 19.3 Å². The Balaban J connectivity index is 2.24. The largest absolute Gasteiger partial charge is 0.381 e. The van der Waals surface area contributed by atoms with E-state index in [1.165, 1.54) is 12.1 Å². The Bertz CT molecular complexity index is 723. The first kappa shape index (κ1) is 21.7. The first-order valence-corrected chi connectivity index (χ1v) is 9.61. The molecule has 1 rings (SSSR count). The number of hydrogen-bond donors (Lipinski definition) is 1. The van der Waals surface area contributed by atoms with Crippen molar-refractivity contribution in [1.29, 1.82) is 0 Å². The number of nitrogens with one attached hydrogen (secondary N) is 1. The zero-order chi connectivity index (χ0) is 19.6. The number of non-ortho nitro benzene ring substituents is 1. The maximum absolute atomic E-state index is 11.0. The molecule has 0 radical (unpaired) electrons. The fourth-order valence-electron chi connectivity index (χ4n) is 1.96. The summed E-state index contributed by atoms with van der Waals surface area (Å²) < 4.78 is 31.3. The van der Waals surface area contributed by atoms with Gasteiger partial charge < -0.3 is 10.1 Å². The summed E-state index contributed by atoms with van der Waals surface area (Å²) >= 11 is 0. The van der Waals surface area contributed by atoms with Crippen LogP contribution in [0.3, 0.4) is 0 Å². The van der Waals surface area contributed by atoms with Crippen molar-refractivity contribution in [2.75, 3.05) is 37.9 Å². The first-order valence-electron chi connectivity index (χ1n) is 7.79. The lowest BCUT2D eigenvalue weighted by atomic mass is 10.2. The Morgan fingerprint density at radius 1 is 1.04 bits per heavy atom. The van der Waals surface area contributed by atoms with Gasteiger partial charge in [-0.1, -0.05) is 0 Å². The monoisotopic (exact) mass is 391 g/mol. The van der Waals surface area contributed by atoms with E-state index < -0.39 is 20.0 Å². The summed E-state index contributed by atoms with van der Waals surface area (Å²) in [5.74, 6) is 0. The lowest BCUT2D eigenvalue weighted by Gasteiger charge is -2.07. The molecular weight excluding hydrogens is 370 g/mol. The molecule has 0 unspecified atom stereocenters. The summed E-state index contributed by atoms with van der Waals surface area (Å²) in [4.78, 5) is 20.3. The van der Waals surface area contributed by atoms with Gasteiger partial charge in [0.1, 0.15) is 5.69 Å². The van der Waals surface area contributed by atoms with Crippen LogP contribution in [0.4, 0.5) is 17.1 Å². The number of nitrogens with zero attached hydrogens (tertiary/aromatic N) is 2. The SMILES string of the molecule is CS(=O)(=O)OCCCOCCCCNc1ccc([N+](=O)[O-])cc1[N+](=O)[O-]. The van der Waals surface area contributed by atoms with E-state index in [4.69, 9.17) is 4.74 Å². The van der Waals surface area contributed by atoms with Crippen LogP contribution in [0.1, 0.15) is 19.3 Å². The van der Waals surface area contributed by atoms with Gasteiger partial charge >= 0.3 is 0 Å². The fourth-order valence-corrected chi connectivity index (χ4v) is 2.38. The lowest BCUT2D eigenvalue weighted by Crippen LogP contribution is -2.08. The van der Waals surface area contributed by atoms with Crippen LogP contribution in [-0.4, -0.2) is 50.9 Å². The average molecular weight is 391 g/mol. The van der Waals surface area contributed by atoms with Crippen LogP contribution >= 0.6 is 0 Å². The molecule has 0 aliphatic rings. The van der Waals surface area contributed by atoms with Gasteiger partial charge in [0.25, 0.3) is 21.5 Å². The van der Waals surface area contributed by atoms with Gasteiger partial charge in [-0.05, 0) is 25.3 Å². The molecule has 0 saturated heterocycles. The van der Waals surface area contributed by atoms with Gasteiger partial charge in [0.2, 0.25) is 0 Å². The van der Waals surface area contributed by atoms with Crippen molar-refractivity contribution < 1.29 is 27.2 Å². The summed E-state index contributed by atoms with van der Waals surface area (Å²) in [6.07, 6.45) is 2.81. The van der Waals surface area contributed by atoms with Crippen LogP contribution in [0.2, 0.25) is 0 Å². The van der Waals surface area contributed by atoms with E-state index in [1.807, 2.05) is 0 Å². The van der Waals surface area contributed by atoms with Crippen molar-refractivity contribution in [1.82, 2.24) is 0 Å². The number of hydrogen-bond acceptors (Lipinski definition) is 9. The van der Waals surface area contributed by atoms with Crippen molar-refractivity contribution >= 4 is 27.2 Å². The van der Waals surface area contributed by atoms with E-state index in [2.05, 4.69) is 9.50 Å². The Hall–Kier alpha value is -2.31. The number of nitro groups is 2. The molecule has 0 fully saturated rings. The molecule has 1 N–H and O–H groups in total. The molecule has 146 valence electrons. The van der Waals surface area contributed by atoms with Crippen LogP contribution in [0, 0.1) is 20.2 Å². The molecule has 0 atom stereocenters. The van der Waals surface area contributed by atoms with E-state index in [0.29, 0.717) is 39.0 Å². The molecule has 26 heavy (non-hydrogen) atoms. The molecular formula is C14H21N3O8S. The number of benzene rings is 1. The van der Waals surface area contributed by atoms with Gasteiger partial charge in [0.05, 0.1) is 28.8 Å². The molecule has 0 amide bonds. The third-order valence-corrected chi connectivity index (χ3v) is 3.74. The van der Waals surface area contributed by atoms with Gasteiger partial charge in [0.15, 0.2) is 0 Å². The van der Waals surface area contributed by atoms with Gasteiger partial charge in [-0.3, -0.25) is 24.4 Å². The van der Waals surface area contributed by atoms with Crippen molar-refractivity contribution in [3.05, 3.63) is 38.4 Å². The molecule has 0 aromatic heterocycles. The normalized spacial score (nSPS) is 11.3. The molecule has 0 saturated carbocycles. The minimum Gasteiger partial charge on any atom is -0.381 e. The lowest BCUT2D eigenvalue weighted by molar-refractivity contribution is -0.393. The molecule has 12 heteroatoms. The third kappa shape index (κ3) is 8.69. The summed E-state index contributed by atoms with van der Waals surface area (Å²) in [6, 6.07) is 3.44. The van der Waals surface area contributed by atoms with Crippen molar-refractivity contribution in [3.8, 4) is 0 Å².